The van der Waals surface area contributed by atoms with E-state index in [1.807, 2.05) is 34.1 Å². The third-order valence-electron chi connectivity index (χ3n) is 3.71. The lowest BCUT2D eigenvalue weighted by Crippen LogP contribution is -2.51. The molecule has 1 aliphatic heterocycles. The van der Waals surface area contributed by atoms with Gasteiger partial charge in [0, 0.05) is 37.1 Å². The highest BCUT2D eigenvalue weighted by Gasteiger charge is 2.27. The molecule has 0 spiro atoms. The van der Waals surface area contributed by atoms with Crippen LogP contribution in [0.15, 0.2) is 28.7 Å². The number of nitrogens with zero attached hydrogens (tertiary/aromatic N) is 2. The molecule has 1 heterocycles. The summed E-state index contributed by atoms with van der Waals surface area (Å²) in [5.41, 5.74) is 0.677. The summed E-state index contributed by atoms with van der Waals surface area (Å²) in [6, 6.07) is 7.45. The van der Waals surface area contributed by atoms with Crippen LogP contribution in [0.5, 0.6) is 0 Å². The number of benzene rings is 1. The van der Waals surface area contributed by atoms with Gasteiger partial charge >= 0.3 is 0 Å². The molecule has 2 rings (SSSR count). The molecule has 1 aliphatic rings. The van der Waals surface area contributed by atoms with Gasteiger partial charge in [0.15, 0.2) is 0 Å². The Labute approximate surface area is 140 Å². The molecule has 5 heteroatoms. The summed E-state index contributed by atoms with van der Waals surface area (Å²) in [5, 5.41) is 0. The number of piperazine rings is 1. The molecule has 0 aromatic heterocycles. The van der Waals surface area contributed by atoms with E-state index in [0.717, 1.165) is 4.47 Å². The molecule has 1 aromatic rings. The summed E-state index contributed by atoms with van der Waals surface area (Å²) in [6.45, 7) is 8.62. The molecule has 1 aromatic carbocycles. The van der Waals surface area contributed by atoms with Crippen molar-refractivity contribution < 1.29 is 9.59 Å². The standard InChI is InChI=1S/C17H23BrN2O2/c1-17(2,3)12-15(21)19-8-10-20(11-9-19)16(22)13-6-4-5-7-14(13)18/h4-7H,8-12H2,1-3H3. The van der Waals surface area contributed by atoms with Crippen LogP contribution in [0.3, 0.4) is 0 Å². The van der Waals surface area contributed by atoms with E-state index in [4.69, 9.17) is 0 Å². The molecule has 0 aliphatic carbocycles. The van der Waals surface area contributed by atoms with Crippen molar-refractivity contribution in [3.8, 4) is 0 Å². The first-order chi connectivity index (χ1) is 10.3. The van der Waals surface area contributed by atoms with Gasteiger partial charge in [-0.3, -0.25) is 9.59 Å². The Morgan fingerprint density at radius 3 is 2.14 bits per heavy atom. The maximum absolute atomic E-state index is 12.5. The molecule has 0 radical (unpaired) electrons. The summed E-state index contributed by atoms with van der Waals surface area (Å²) in [5.74, 6) is 0.205. The minimum Gasteiger partial charge on any atom is -0.339 e. The Balaban J connectivity index is 1.94. The number of amides is 2. The van der Waals surface area contributed by atoms with Crippen molar-refractivity contribution in [2.45, 2.75) is 27.2 Å². The van der Waals surface area contributed by atoms with Crippen molar-refractivity contribution in [2.24, 2.45) is 5.41 Å². The van der Waals surface area contributed by atoms with E-state index >= 15 is 0 Å². The molecule has 2 amide bonds. The predicted octanol–water partition coefficient (Wildman–Crippen LogP) is 3.17. The van der Waals surface area contributed by atoms with Gasteiger partial charge in [-0.15, -0.1) is 0 Å². The Bertz CT molecular complexity index is 558. The van der Waals surface area contributed by atoms with E-state index in [0.29, 0.717) is 38.2 Å². The number of carbonyl (C=O) groups excluding carboxylic acids is 2. The van der Waals surface area contributed by atoms with E-state index < -0.39 is 0 Å². The number of rotatable bonds is 2. The predicted molar refractivity (Wildman–Crippen MR) is 90.7 cm³/mol. The Morgan fingerprint density at radius 1 is 1.05 bits per heavy atom. The van der Waals surface area contributed by atoms with Crippen molar-refractivity contribution >= 4 is 27.7 Å². The second kappa shape index (κ2) is 6.82. The molecule has 0 N–H and O–H groups in total. The van der Waals surface area contributed by atoms with Crippen LogP contribution in [0.25, 0.3) is 0 Å². The lowest BCUT2D eigenvalue weighted by Gasteiger charge is -2.36. The van der Waals surface area contributed by atoms with Crippen molar-refractivity contribution in [2.75, 3.05) is 26.2 Å². The first-order valence-electron chi connectivity index (χ1n) is 7.59. The summed E-state index contributed by atoms with van der Waals surface area (Å²) in [4.78, 5) is 28.4. The van der Waals surface area contributed by atoms with Crippen molar-refractivity contribution in [3.05, 3.63) is 34.3 Å². The average Bonchev–Trinajstić information content (AvgIpc) is 2.45. The number of halogens is 1. The summed E-state index contributed by atoms with van der Waals surface area (Å²) in [7, 11) is 0. The van der Waals surface area contributed by atoms with Crippen LogP contribution in [0, 0.1) is 5.41 Å². The third-order valence-corrected chi connectivity index (χ3v) is 4.40. The van der Waals surface area contributed by atoms with Crippen molar-refractivity contribution in [3.63, 3.8) is 0 Å². The second-order valence-electron chi connectivity index (χ2n) is 6.89. The van der Waals surface area contributed by atoms with Crippen LogP contribution in [0.2, 0.25) is 0 Å². The van der Waals surface area contributed by atoms with Crippen LogP contribution in [-0.4, -0.2) is 47.8 Å². The van der Waals surface area contributed by atoms with Gasteiger partial charge in [0.1, 0.15) is 0 Å². The van der Waals surface area contributed by atoms with Gasteiger partial charge in [0.25, 0.3) is 5.91 Å². The van der Waals surface area contributed by atoms with Gasteiger partial charge < -0.3 is 9.80 Å². The maximum atomic E-state index is 12.5. The van der Waals surface area contributed by atoms with Gasteiger partial charge in [-0.1, -0.05) is 32.9 Å². The normalized spacial score (nSPS) is 15.8. The van der Waals surface area contributed by atoms with Crippen LogP contribution in [0.4, 0.5) is 0 Å². The molecular formula is C17H23BrN2O2. The summed E-state index contributed by atoms with van der Waals surface area (Å²) >= 11 is 3.42. The molecule has 0 atom stereocenters. The second-order valence-corrected chi connectivity index (χ2v) is 7.74. The molecule has 0 saturated carbocycles. The van der Waals surface area contributed by atoms with E-state index in [1.165, 1.54) is 0 Å². The van der Waals surface area contributed by atoms with E-state index in [1.54, 1.807) is 0 Å². The fourth-order valence-corrected chi connectivity index (χ4v) is 2.98. The average molecular weight is 367 g/mol. The highest BCUT2D eigenvalue weighted by Crippen LogP contribution is 2.22. The zero-order valence-corrected chi connectivity index (χ0v) is 15.0. The highest BCUT2D eigenvalue weighted by atomic mass is 79.9. The topological polar surface area (TPSA) is 40.6 Å². The molecule has 4 nitrogen and oxygen atoms in total. The fourth-order valence-electron chi connectivity index (χ4n) is 2.53. The Kier molecular flexibility index (Phi) is 5.27. The van der Waals surface area contributed by atoms with Gasteiger partial charge in [-0.25, -0.2) is 0 Å². The van der Waals surface area contributed by atoms with E-state index in [2.05, 4.69) is 36.7 Å². The van der Waals surface area contributed by atoms with Gasteiger partial charge in [0.2, 0.25) is 5.91 Å². The van der Waals surface area contributed by atoms with Crippen molar-refractivity contribution in [1.82, 2.24) is 9.80 Å². The summed E-state index contributed by atoms with van der Waals surface area (Å²) in [6.07, 6.45) is 0.547. The molecule has 22 heavy (non-hydrogen) atoms. The van der Waals surface area contributed by atoms with Gasteiger partial charge in [0.05, 0.1) is 5.56 Å². The molecule has 0 unspecified atom stereocenters. The third kappa shape index (κ3) is 4.32. The van der Waals surface area contributed by atoms with E-state index in [-0.39, 0.29) is 17.2 Å². The molecule has 0 bridgehead atoms. The number of hydrogen-bond donors (Lipinski definition) is 0. The minimum atomic E-state index is -0.00105. The van der Waals surface area contributed by atoms with Crippen LogP contribution >= 0.6 is 15.9 Å². The summed E-state index contributed by atoms with van der Waals surface area (Å²) < 4.78 is 0.811. The fraction of sp³-hybridized carbons (Fsp3) is 0.529. The quantitative estimate of drug-likeness (QED) is 0.806. The monoisotopic (exact) mass is 366 g/mol. The molecule has 1 saturated heterocycles. The maximum Gasteiger partial charge on any atom is 0.255 e. The van der Waals surface area contributed by atoms with Crippen molar-refractivity contribution in [1.29, 1.82) is 0 Å². The Morgan fingerprint density at radius 2 is 1.59 bits per heavy atom. The zero-order valence-electron chi connectivity index (χ0n) is 13.4. The Hall–Kier alpha value is -1.36. The van der Waals surface area contributed by atoms with E-state index in [9.17, 15) is 9.59 Å². The molecule has 1 fully saturated rings. The number of hydrogen-bond acceptors (Lipinski definition) is 2. The highest BCUT2D eigenvalue weighted by molar-refractivity contribution is 9.10. The zero-order chi connectivity index (χ0) is 16.3. The van der Waals surface area contributed by atoms with Crippen LogP contribution < -0.4 is 0 Å². The lowest BCUT2D eigenvalue weighted by molar-refractivity contribution is -0.134. The molecule has 120 valence electrons. The molecular weight excluding hydrogens is 344 g/mol. The smallest absolute Gasteiger partial charge is 0.255 e. The lowest BCUT2D eigenvalue weighted by atomic mass is 9.91. The first kappa shape index (κ1) is 17.0. The first-order valence-corrected chi connectivity index (χ1v) is 8.39. The largest absolute Gasteiger partial charge is 0.339 e. The minimum absolute atomic E-state index is 0.00105. The van der Waals surface area contributed by atoms with Gasteiger partial charge in [-0.05, 0) is 33.5 Å². The van der Waals surface area contributed by atoms with Crippen LogP contribution in [0.1, 0.15) is 37.6 Å². The SMILES string of the molecule is CC(C)(C)CC(=O)N1CCN(C(=O)c2ccccc2Br)CC1. The van der Waals surface area contributed by atoms with Crippen LogP contribution in [-0.2, 0) is 4.79 Å². The van der Waals surface area contributed by atoms with Gasteiger partial charge in [-0.2, -0.15) is 0 Å². The number of carbonyl (C=O) groups is 2.